The standard InChI is InChI=1S/C19H11BrClF3N2O5S2/c1-30-15-10(20)4-9-6-14(15)33(28,29)26-12-5-8(2-3-11(12)21)16-13(7-31-17(9)27)25-18(32-16)19(22,23)24/h2-6,26H,7H2,1H3. The van der Waals surface area contributed by atoms with Gasteiger partial charge in [-0.2, -0.15) is 13.2 Å². The summed E-state index contributed by atoms with van der Waals surface area (Å²) in [6, 6.07) is 6.34. The quantitative estimate of drug-likeness (QED) is 0.368. The number of rotatable bonds is 1. The Hall–Kier alpha value is -2.35. The van der Waals surface area contributed by atoms with Crippen LogP contribution in [0.1, 0.15) is 21.1 Å². The molecule has 7 nitrogen and oxygen atoms in total. The highest BCUT2D eigenvalue weighted by atomic mass is 79.9. The average Bonchev–Trinajstić information content (AvgIpc) is 3.17. The lowest BCUT2D eigenvalue weighted by atomic mass is 10.1. The average molecular weight is 584 g/mol. The van der Waals surface area contributed by atoms with Crippen molar-refractivity contribution in [1.82, 2.24) is 4.98 Å². The summed E-state index contributed by atoms with van der Waals surface area (Å²) in [5.41, 5.74) is -0.191. The number of sulfonamides is 1. The molecule has 0 amide bonds. The number of ether oxygens (including phenoxy) is 2. The highest BCUT2D eigenvalue weighted by Crippen LogP contribution is 2.42. The Morgan fingerprint density at radius 2 is 1.97 bits per heavy atom. The molecule has 2 aromatic carbocycles. The molecule has 4 bridgehead atoms. The Balaban J connectivity index is 1.97. The van der Waals surface area contributed by atoms with E-state index in [1.165, 1.54) is 31.4 Å². The van der Waals surface area contributed by atoms with Crippen molar-refractivity contribution in [2.45, 2.75) is 17.7 Å². The van der Waals surface area contributed by atoms with Crippen molar-refractivity contribution in [3.05, 3.63) is 56.1 Å². The number of carbonyl (C=O) groups is 1. The van der Waals surface area contributed by atoms with Crippen LogP contribution in [0.3, 0.4) is 0 Å². The van der Waals surface area contributed by atoms with Crippen molar-refractivity contribution in [2.24, 2.45) is 0 Å². The van der Waals surface area contributed by atoms with Crippen LogP contribution in [0.25, 0.3) is 10.4 Å². The number of cyclic esters (lactones) is 1. The molecule has 0 saturated heterocycles. The van der Waals surface area contributed by atoms with Gasteiger partial charge in [-0.1, -0.05) is 17.7 Å². The summed E-state index contributed by atoms with van der Waals surface area (Å²) >= 11 is 9.66. The minimum atomic E-state index is -4.72. The molecule has 14 heteroatoms. The van der Waals surface area contributed by atoms with Crippen LogP contribution >= 0.6 is 38.9 Å². The van der Waals surface area contributed by atoms with Gasteiger partial charge in [-0.25, -0.2) is 18.2 Å². The summed E-state index contributed by atoms with van der Waals surface area (Å²) in [6.45, 7) is -0.572. The van der Waals surface area contributed by atoms with Gasteiger partial charge in [-0.15, -0.1) is 11.3 Å². The number of hydrogen-bond acceptors (Lipinski definition) is 7. The number of halogens is 5. The van der Waals surface area contributed by atoms with E-state index < -0.39 is 33.8 Å². The second-order valence-electron chi connectivity index (χ2n) is 6.66. The molecule has 0 atom stereocenters. The molecule has 4 rings (SSSR count). The molecule has 1 aliphatic heterocycles. The monoisotopic (exact) mass is 582 g/mol. The zero-order valence-corrected chi connectivity index (χ0v) is 20.3. The number of hydrogen-bond donors (Lipinski definition) is 1. The lowest BCUT2D eigenvalue weighted by Crippen LogP contribution is -2.16. The molecule has 3 aromatic rings. The molecule has 1 N–H and O–H groups in total. The lowest BCUT2D eigenvalue weighted by Gasteiger charge is -2.15. The predicted octanol–water partition coefficient (Wildman–Crippen LogP) is 5.72. The smallest absolute Gasteiger partial charge is 0.443 e. The maximum absolute atomic E-state index is 13.3. The molecule has 2 heterocycles. The molecule has 174 valence electrons. The van der Waals surface area contributed by atoms with Gasteiger partial charge in [0.2, 0.25) is 0 Å². The van der Waals surface area contributed by atoms with Gasteiger partial charge in [-0.05, 0) is 45.8 Å². The van der Waals surface area contributed by atoms with E-state index in [1.807, 2.05) is 0 Å². The summed E-state index contributed by atoms with van der Waals surface area (Å²) in [5.74, 6) is -1.04. The maximum atomic E-state index is 13.3. The van der Waals surface area contributed by atoms with Crippen molar-refractivity contribution in [3.8, 4) is 16.2 Å². The first-order chi connectivity index (χ1) is 15.4. The first-order valence-corrected chi connectivity index (χ1v) is 12.3. The second kappa shape index (κ2) is 8.46. The van der Waals surface area contributed by atoms with Crippen molar-refractivity contribution >= 4 is 60.5 Å². The van der Waals surface area contributed by atoms with Crippen LogP contribution in [0, 0.1) is 0 Å². The Bertz CT molecular complexity index is 1390. The third-order valence-corrected chi connectivity index (χ3v) is 7.97. The summed E-state index contributed by atoms with van der Waals surface area (Å²) in [4.78, 5) is 15.9. The van der Waals surface area contributed by atoms with Gasteiger partial charge >= 0.3 is 12.1 Å². The van der Waals surface area contributed by atoms with Crippen LogP contribution < -0.4 is 9.46 Å². The van der Waals surface area contributed by atoms with Crippen LogP contribution in [0.15, 0.2) is 39.7 Å². The largest absolute Gasteiger partial charge is 0.494 e. The van der Waals surface area contributed by atoms with E-state index in [9.17, 15) is 26.4 Å². The Morgan fingerprint density at radius 3 is 2.64 bits per heavy atom. The number of esters is 1. The molecule has 0 aliphatic carbocycles. The molecule has 1 aliphatic rings. The van der Waals surface area contributed by atoms with E-state index in [0.29, 0.717) is 11.3 Å². The third kappa shape index (κ3) is 4.54. The fourth-order valence-electron chi connectivity index (χ4n) is 3.04. The normalized spacial score (nSPS) is 15.3. The number of benzene rings is 2. The number of carbonyl (C=O) groups excluding carboxylic acids is 1. The third-order valence-electron chi connectivity index (χ3n) is 4.49. The summed E-state index contributed by atoms with van der Waals surface area (Å²) in [5, 5.41) is -1.14. The summed E-state index contributed by atoms with van der Waals surface area (Å²) in [7, 11) is -3.10. The second-order valence-corrected chi connectivity index (χ2v) is 10.6. The number of nitrogens with zero attached hydrogens (tertiary/aromatic N) is 1. The zero-order valence-electron chi connectivity index (χ0n) is 16.3. The van der Waals surface area contributed by atoms with Crippen molar-refractivity contribution in [2.75, 3.05) is 11.8 Å². The fourth-order valence-corrected chi connectivity index (χ4v) is 6.24. The van der Waals surface area contributed by atoms with Crippen LogP contribution in [0.2, 0.25) is 5.02 Å². The summed E-state index contributed by atoms with van der Waals surface area (Å²) in [6.07, 6.45) is -4.72. The molecule has 0 spiro atoms. The number of alkyl halides is 3. The van der Waals surface area contributed by atoms with Crippen LogP contribution in [0.5, 0.6) is 5.75 Å². The molecule has 0 fully saturated rings. The Kier molecular flexibility index (Phi) is 6.10. The Morgan fingerprint density at radius 1 is 1.24 bits per heavy atom. The van der Waals surface area contributed by atoms with E-state index >= 15 is 0 Å². The molecule has 0 radical (unpaired) electrons. The van der Waals surface area contributed by atoms with E-state index in [1.54, 1.807) is 0 Å². The van der Waals surface area contributed by atoms with E-state index in [2.05, 4.69) is 25.6 Å². The Labute approximate surface area is 202 Å². The molecule has 0 unspecified atom stereocenters. The topological polar surface area (TPSA) is 94.6 Å². The van der Waals surface area contributed by atoms with Crippen molar-refractivity contribution in [3.63, 3.8) is 0 Å². The zero-order chi connectivity index (χ0) is 24.1. The van der Waals surface area contributed by atoms with Gasteiger partial charge in [-0.3, -0.25) is 4.72 Å². The van der Waals surface area contributed by atoms with Crippen LogP contribution in [0.4, 0.5) is 18.9 Å². The molecule has 1 aromatic heterocycles. The van der Waals surface area contributed by atoms with E-state index in [4.69, 9.17) is 21.1 Å². The highest BCUT2D eigenvalue weighted by molar-refractivity contribution is 9.10. The predicted molar refractivity (Wildman–Crippen MR) is 118 cm³/mol. The number of methoxy groups -OCH3 is 1. The number of fused-ring (bicyclic) bond motifs is 6. The van der Waals surface area contributed by atoms with Gasteiger partial charge < -0.3 is 9.47 Å². The van der Waals surface area contributed by atoms with Gasteiger partial charge in [0.1, 0.15) is 11.5 Å². The van der Waals surface area contributed by atoms with Crippen molar-refractivity contribution < 1.29 is 35.9 Å². The van der Waals surface area contributed by atoms with Gasteiger partial charge in [0.25, 0.3) is 10.0 Å². The van der Waals surface area contributed by atoms with Gasteiger partial charge in [0.05, 0.1) is 38.4 Å². The molecular formula is C19H11BrClF3N2O5S2. The van der Waals surface area contributed by atoms with Gasteiger partial charge in [0, 0.05) is 0 Å². The lowest BCUT2D eigenvalue weighted by molar-refractivity contribution is -0.137. The highest BCUT2D eigenvalue weighted by Gasteiger charge is 2.37. The van der Waals surface area contributed by atoms with Crippen LogP contribution in [-0.4, -0.2) is 26.5 Å². The van der Waals surface area contributed by atoms with E-state index in [0.717, 1.165) is 6.07 Å². The minimum Gasteiger partial charge on any atom is -0.494 e. The molecule has 0 saturated carbocycles. The first kappa shape index (κ1) is 23.8. The SMILES string of the molecule is COc1c(Br)cc2cc1S(=O)(=O)Nc1cc(ccc1Cl)-c1sc(C(F)(F)F)nc1COC2=O. The number of nitrogens with one attached hydrogen (secondary N) is 1. The minimum absolute atomic E-state index is 0.000760. The summed E-state index contributed by atoms with van der Waals surface area (Å²) < 4.78 is 79.0. The number of aromatic nitrogens is 1. The molecule has 33 heavy (non-hydrogen) atoms. The first-order valence-electron chi connectivity index (χ1n) is 8.85. The van der Waals surface area contributed by atoms with E-state index in [-0.39, 0.29) is 47.5 Å². The van der Waals surface area contributed by atoms with Gasteiger partial charge in [0.15, 0.2) is 10.8 Å². The van der Waals surface area contributed by atoms with Crippen LogP contribution in [-0.2, 0) is 27.5 Å². The number of thiazole rings is 1. The fraction of sp³-hybridized carbons (Fsp3) is 0.158. The maximum Gasteiger partial charge on any atom is 0.443 e. The van der Waals surface area contributed by atoms with Crippen molar-refractivity contribution in [1.29, 1.82) is 0 Å². The number of anilines is 1. The molecular weight excluding hydrogens is 573 g/mol.